The van der Waals surface area contributed by atoms with Gasteiger partial charge in [0.2, 0.25) is 17.7 Å². The van der Waals surface area contributed by atoms with Crippen molar-refractivity contribution in [3.63, 3.8) is 0 Å². The molecule has 2 atom stereocenters. The van der Waals surface area contributed by atoms with Crippen molar-refractivity contribution < 1.29 is 48.0 Å². The van der Waals surface area contributed by atoms with Gasteiger partial charge in [0, 0.05) is 23.3 Å². The van der Waals surface area contributed by atoms with Crippen LogP contribution in [0.3, 0.4) is 0 Å². The normalized spacial score (nSPS) is 20.2. The number of amides is 1. The minimum atomic E-state index is -2.57. The summed E-state index contributed by atoms with van der Waals surface area (Å²) < 4.78 is 27.8. The lowest BCUT2D eigenvalue weighted by Crippen LogP contribution is -2.51. The van der Waals surface area contributed by atoms with E-state index in [1.165, 1.54) is 31.3 Å². The average molecular weight is 694 g/mol. The molecule has 3 aromatic carbocycles. The number of esters is 3. The van der Waals surface area contributed by atoms with Gasteiger partial charge >= 0.3 is 17.9 Å². The van der Waals surface area contributed by atoms with E-state index in [0.717, 1.165) is 0 Å². The van der Waals surface area contributed by atoms with Crippen LogP contribution >= 0.6 is 0 Å². The molecule has 3 N–H and O–H groups in total. The summed E-state index contributed by atoms with van der Waals surface area (Å²) >= 11 is 0. The lowest BCUT2D eigenvalue weighted by atomic mass is 9.94. The zero-order valence-electron chi connectivity index (χ0n) is 27.6. The molecule has 1 fully saturated rings. The van der Waals surface area contributed by atoms with Gasteiger partial charge in [0.05, 0.1) is 41.9 Å². The quantitative estimate of drug-likeness (QED) is 0.166. The van der Waals surface area contributed by atoms with Crippen LogP contribution in [-0.4, -0.2) is 71.3 Å². The number of aromatic nitrogens is 1. The molecule has 0 spiro atoms. The van der Waals surface area contributed by atoms with E-state index < -0.39 is 60.0 Å². The summed E-state index contributed by atoms with van der Waals surface area (Å²) in [4.78, 5) is 58.2. The van der Waals surface area contributed by atoms with Gasteiger partial charge in [0.25, 0.3) is 5.91 Å². The van der Waals surface area contributed by atoms with Crippen molar-refractivity contribution in [2.45, 2.75) is 31.6 Å². The average Bonchev–Trinajstić information content (AvgIpc) is 3.09. The van der Waals surface area contributed by atoms with Crippen LogP contribution in [0, 0.1) is 11.3 Å². The van der Waals surface area contributed by atoms with Crippen LogP contribution in [0.2, 0.25) is 0 Å². The molecule has 3 heterocycles. The number of aliphatic hydroxyl groups is 1. The fourth-order valence-corrected chi connectivity index (χ4v) is 5.37. The van der Waals surface area contributed by atoms with Crippen molar-refractivity contribution in [2.24, 2.45) is 0 Å². The third kappa shape index (κ3) is 7.27. The first-order valence-electron chi connectivity index (χ1n) is 15.6. The number of rotatable bonds is 9. The maximum Gasteiger partial charge on any atom is 0.344 e. The van der Waals surface area contributed by atoms with Crippen LogP contribution in [0.4, 0.5) is 17.1 Å². The van der Waals surface area contributed by atoms with Crippen LogP contribution in [0.5, 0.6) is 17.2 Å². The number of nitriles is 1. The third-order valence-corrected chi connectivity index (χ3v) is 7.78. The number of fused-ring (bicyclic) bond motifs is 4. The number of ether oxygens (including phenoxy) is 5. The van der Waals surface area contributed by atoms with Crippen LogP contribution in [-0.2, 0) is 33.4 Å². The maximum atomic E-state index is 13.9. The molecular weight excluding hydrogens is 662 g/mol. The molecule has 0 saturated carbocycles. The Morgan fingerprint density at radius 1 is 1.04 bits per heavy atom. The van der Waals surface area contributed by atoms with Crippen LogP contribution < -0.4 is 20.1 Å². The number of pyridine rings is 1. The molecule has 15 heteroatoms. The number of hydrogen-bond acceptors (Lipinski definition) is 14. The van der Waals surface area contributed by atoms with Gasteiger partial charge in [-0.1, -0.05) is 18.2 Å². The minimum Gasteiger partial charge on any atom is -0.492 e. The Morgan fingerprint density at radius 3 is 2.43 bits per heavy atom. The summed E-state index contributed by atoms with van der Waals surface area (Å²) in [5, 5.41) is 27.1. The van der Waals surface area contributed by atoms with Gasteiger partial charge in [-0.2, -0.15) is 5.26 Å². The molecule has 1 aromatic heterocycles. The second kappa shape index (κ2) is 14.2. The van der Waals surface area contributed by atoms with Crippen molar-refractivity contribution in [2.75, 3.05) is 31.3 Å². The Kier molecular flexibility index (Phi) is 9.54. The van der Waals surface area contributed by atoms with E-state index in [9.17, 15) is 29.5 Å². The summed E-state index contributed by atoms with van der Waals surface area (Å²) in [5.41, 5.74) is -0.915. The van der Waals surface area contributed by atoms with Gasteiger partial charge in [-0.25, -0.2) is 4.79 Å². The van der Waals surface area contributed by atoms with E-state index >= 15 is 0 Å². The van der Waals surface area contributed by atoms with Crippen molar-refractivity contribution in [3.8, 4) is 23.3 Å². The van der Waals surface area contributed by atoms with Crippen molar-refractivity contribution >= 4 is 51.8 Å². The van der Waals surface area contributed by atoms with Gasteiger partial charge in [-0.3, -0.25) is 24.3 Å². The van der Waals surface area contributed by atoms with Gasteiger partial charge in [-0.15, -0.1) is 0 Å². The highest BCUT2D eigenvalue weighted by molar-refractivity contribution is 6.08. The highest BCUT2D eigenvalue weighted by atomic mass is 16.6. The molecule has 51 heavy (non-hydrogen) atoms. The Hall–Kier alpha value is -6.50. The maximum absolute atomic E-state index is 13.9. The number of nitrogens with zero attached hydrogens (tertiary/aromatic N) is 3. The lowest BCUT2D eigenvalue weighted by Gasteiger charge is -2.35. The Bertz CT molecular complexity index is 2110. The van der Waals surface area contributed by atoms with E-state index in [2.05, 4.69) is 21.7 Å². The summed E-state index contributed by atoms with van der Waals surface area (Å²) in [7, 11) is 2.94. The topological polar surface area (TPSA) is 199 Å². The molecular formula is C36H31N5O10. The SMILES string of the molecule is CCOc1cc2ncc(C#N)c(Nc3ccc(Oc4ccccc4)cc3)c2cc1NC(=O)/C1=C2\OC(=O)C(O)(CC(=O)O1)CC(=O)OC2N(C)C. The molecule has 2 aliphatic heterocycles. The second-order valence-electron chi connectivity index (χ2n) is 11.7. The number of carbonyl (C=O) groups excluding carboxylic acids is 4. The van der Waals surface area contributed by atoms with E-state index in [1.54, 1.807) is 37.3 Å². The summed E-state index contributed by atoms with van der Waals surface area (Å²) in [6.45, 7) is 1.91. The molecule has 2 bridgehead atoms. The molecule has 4 aromatic rings. The largest absolute Gasteiger partial charge is 0.492 e. The zero-order chi connectivity index (χ0) is 36.3. The highest BCUT2D eigenvalue weighted by Gasteiger charge is 2.50. The first kappa shape index (κ1) is 34.4. The first-order valence-corrected chi connectivity index (χ1v) is 15.6. The zero-order valence-corrected chi connectivity index (χ0v) is 27.6. The molecule has 15 nitrogen and oxygen atoms in total. The fourth-order valence-electron chi connectivity index (χ4n) is 5.37. The fraction of sp³-hybridized carbons (Fsp3) is 0.222. The molecule has 2 aliphatic rings. The van der Waals surface area contributed by atoms with Gasteiger partial charge in [0.1, 0.15) is 23.3 Å². The smallest absolute Gasteiger partial charge is 0.344 e. The number of hydrogen-bond donors (Lipinski definition) is 3. The van der Waals surface area contributed by atoms with Gasteiger partial charge < -0.3 is 39.4 Å². The monoisotopic (exact) mass is 693 g/mol. The number of carbonyl (C=O) groups is 4. The molecule has 6 rings (SSSR count). The molecule has 0 radical (unpaired) electrons. The first-order chi connectivity index (χ1) is 24.5. The standard InChI is InChI=1S/C36H31N5O10/c1-4-47-27-15-25-24(30(20(18-37)19-38-25)39-21-10-12-23(13-11-21)48-22-8-6-5-7-9-22)14-26(27)40-33(44)31-32-34(41(2)3)50-29(43)17-36(46,35(45)51-32)16-28(42)49-31/h5-15,19,34,46H,4,16-17H2,1-3H3,(H,38,39)(H,40,44)/b32-31+. The number of likely N-dealkylation sites (N-methyl/N-ethyl adjacent to an activating group) is 1. The third-order valence-electron chi connectivity index (χ3n) is 7.78. The summed E-state index contributed by atoms with van der Waals surface area (Å²) in [6, 6.07) is 21.5. The number of anilines is 3. The number of benzene rings is 3. The predicted molar refractivity (Wildman–Crippen MR) is 179 cm³/mol. The summed E-state index contributed by atoms with van der Waals surface area (Å²) in [6.07, 6.45) is -1.92. The van der Waals surface area contributed by atoms with E-state index in [-0.39, 0.29) is 23.6 Å². The lowest BCUT2D eigenvalue weighted by molar-refractivity contribution is -0.191. The molecule has 2 unspecified atom stereocenters. The molecule has 1 amide bonds. The Labute approximate surface area is 290 Å². The van der Waals surface area contributed by atoms with Crippen molar-refractivity contribution in [1.82, 2.24) is 9.88 Å². The number of para-hydroxylation sites is 1. The summed E-state index contributed by atoms with van der Waals surface area (Å²) in [5.74, 6) is -4.55. The molecule has 0 aliphatic carbocycles. The highest BCUT2D eigenvalue weighted by Crippen LogP contribution is 2.38. The van der Waals surface area contributed by atoms with Crippen LogP contribution in [0.15, 0.2) is 84.4 Å². The Morgan fingerprint density at radius 2 is 1.75 bits per heavy atom. The minimum absolute atomic E-state index is 0.0687. The van der Waals surface area contributed by atoms with E-state index in [1.807, 2.05) is 30.3 Å². The van der Waals surface area contributed by atoms with Gasteiger partial charge in [0.15, 0.2) is 5.60 Å². The van der Waals surface area contributed by atoms with Crippen molar-refractivity contribution in [1.29, 1.82) is 5.26 Å². The predicted octanol–water partition coefficient (Wildman–Crippen LogP) is 4.25. The second-order valence-corrected chi connectivity index (χ2v) is 11.7. The number of nitrogens with one attached hydrogen (secondary N) is 2. The molecule has 260 valence electrons. The van der Waals surface area contributed by atoms with Crippen LogP contribution in [0.25, 0.3) is 10.9 Å². The Balaban J connectivity index is 1.39. The molecule has 1 saturated heterocycles. The number of cyclic esters (lactones) is 2. The van der Waals surface area contributed by atoms with Gasteiger partial charge in [-0.05, 0) is 63.5 Å². The van der Waals surface area contributed by atoms with Crippen LogP contribution in [0.1, 0.15) is 25.3 Å². The van der Waals surface area contributed by atoms with E-state index in [4.69, 9.17) is 23.7 Å². The van der Waals surface area contributed by atoms with E-state index in [0.29, 0.717) is 33.8 Å². The van der Waals surface area contributed by atoms with Crippen molar-refractivity contribution in [3.05, 3.63) is 90.0 Å².